The number of nitrogens with two attached hydrogens (primary N) is 1. The maximum absolute atomic E-state index is 11.7. The summed E-state index contributed by atoms with van der Waals surface area (Å²) in [5, 5.41) is 54.7. The fourth-order valence-electron chi connectivity index (χ4n) is 2.34. The van der Waals surface area contributed by atoms with Gasteiger partial charge in [-0.3, -0.25) is 20.2 Å². The molecule has 0 saturated heterocycles. The predicted molar refractivity (Wildman–Crippen MR) is 97.0 cm³/mol. The number of hydrazine groups is 1. The fraction of sp³-hybridized carbons (Fsp3) is 0.143. The highest BCUT2D eigenvalue weighted by Crippen LogP contribution is 2.44. The van der Waals surface area contributed by atoms with Crippen LogP contribution in [-0.4, -0.2) is 38.2 Å². The quantitative estimate of drug-likeness (QED) is 0.286. The highest BCUT2D eigenvalue weighted by Gasteiger charge is 2.33. The number of nitrogens with zero attached hydrogens (tertiary/aromatic N) is 4. The normalized spacial score (nSPS) is 10.3. The summed E-state index contributed by atoms with van der Waals surface area (Å²) in [6.07, 6.45) is 0. The zero-order chi connectivity index (χ0) is 21.0. The number of nitro benzene ring substituents is 2. The Labute approximate surface area is 155 Å². The number of nitrogens with one attached hydrogen (secondary N) is 1. The van der Waals surface area contributed by atoms with Crippen molar-refractivity contribution in [2.75, 3.05) is 29.2 Å². The van der Waals surface area contributed by atoms with Crippen molar-refractivity contribution in [3.63, 3.8) is 0 Å². The van der Waals surface area contributed by atoms with Crippen molar-refractivity contribution in [1.82, 2.24) is 0 Å². The van der Waals surface area contributed by atoms with Crippen molar-refractivity contribution in [3.05, 3.63) is 60.7 Å². The summed E-state index contributed by atoms with van der Waals surface area (Å²) in [6, 6.07) is 5.05. The average molecular weight is 394 g/mol. The number of hydrogen-bond acceptors (Lipinski definition) is 10. The van der Waals surface area contributed by atoms with Crippen LogP contribution in [0.15, 0.2) is 30.3 Å². The molecule has 0 atom stereocenters. The van der Waals surface area contributed by atoms with E-state index in [2.05, 4.69) is 5.32 Å². The number of aromatic hydroxyl groups is 1. The third kappa shape index (κ3) is 3.96. The van der Waals surface area contributed by atoms with Crippen LogP contribution in [0.25, 0.3) is 0 Å². The molecule has 0 amide bonds. The smallest absolute Gasteiger partial charge is 0.320 e. The molecule has 0 saturated carbocycles. The van der Waals surface area contributed by atoms with E-state index in [4.69, 9.17) is 10.8 Å². The van der Waals surface area contributed by atoms with Crippen molar-refractivity contribution in [1.29, 1.82) is 0 Å². The van der Waals surface area contributed by atoms with Gasteiger partial charge in [-0.2, -0.15) is 0 Å². The summed E-state index contributed by atoms with van der Waals surface area (Å²) >= 11 is 0. The van der Waals surface area contributed by atoms with Crippen LogP contribution < -0.4 is 16.1 Å². The van der Waals surface area contributed by atoms with E-state index >= 15 is 0 Å². The SMILES string of the molecule is Nc1ccc(NCCO)cc1N(c1cc([N+](=O)[O-])cc([N+](=O)[O-])c1O)[N+](=O)[O-]. The number of benzene rings is 2. The number of rotatable bonds is 8. The molecule has 0 aromatic heterocycles. The van der Waals surface area contributed by atoms with E-state index < -0.39 is 37.7 Å². The number of nitro groups is 3. The van der Waals surface area contributed by atoms with Gasteiger partial charge >= 0.3 is 5.69 Å². The van der Waals surface area contributed by atoms with Crippen molar-refractivity contribution in [2.45, 2.75) is 0 Å². The largest absolute Gasteiger partial charge is 0.500 e. The molecule has 148 valence electrons. The fourth-order valence-corrected chi connectivity index (χ4v) is 2.34. The molecule has 0 heterocycles. The first-order valence-corrected chi connectivity index (χ1v) is 7.51. The molecule has 0 aliphatic carbocycles. The van der Waals surface area contributed by atoms with Crippen molar-refractivity contribution >= 4 is 34.1 Å². The Balaban J connectivity index is 2.73. The van der Waals surface area contributed by atoms with E-state index in [0.29, 0.717) is 17.8 Å². The third-order valence-electron chi connectivity index (χ3n) is 3.55. The molecule has 2 aromatic carbocycles. The minimum atomic E-state index is -1.14. The second kappa shape index (κ2) is 8.00. The molecule has 28 heavy (non-hydrogen) atoms. The molecule has 0 bridgehead atoms. The van der Waals surface area contributed by atoms with E-state index in [1.807, 2.05) is 0 Å². The van der Waals surface area contributed by atoms with Gasteiger partial charge in [0.2, 0.25) is 5.75 Å². The number of phenols is 1. The molecule has 0 spiro atoms. The Hall–Kier alpha value is -4.20. The highest BCUT2D eigenvalue weighted by atomic mass is 16.7. The predicted octanol–water partition coefficient (Wildman–Crippen LogP) is 1.52. The number of hydrogen-bond donors (Lipinski definition) is 4. The Kier molecular flexibility index (Phi) is 5.75. The van der Waals surface area contributed by atoms with Gasteiger partial charge in [0.15, 0.2) is 10.7 Å². The maximum atomic E-state index is 11.7. The molecule has 5 N–H and O–H groups in total. The number of phenolic OH excluding ortho intramolecular Hbond substituents is 1. The van der Waals surface area contributed by atoms with Crippen LogP contribution in [0.3, 0.4) is 0 Å². The third-order valence-corrected chi connectivity index (χ3v) is 3.55. The van der Waals surface area contributed by atoms with Gasteiger partial charge in [0.25, 0.3) is 5.69 Å². The molecule has 0 fully saturated rings. The summed E-state index contributed by atoms with van der Waals surface area (Å²) in [7, 11) is 0. The minimum Gasteiger partial charge on any atom is -0.500 e. The molecule has 0 radical (unpaired) electrons. The second-order valence-corrected chi connectivity index (χ2v) is 5.32. The van der Waals surface area contributed by atoms with E-state index in [0.717, 1.165) is 0 Å². The first-order chi connectivity index (χ1) is 13.2. The van der Waals surface area contributed by atoms with Crippen LogP contribution in [0.5, 0.6) is 5.75 Å². The number of aliphatic hydroxyl groups is 1. The highest BCUT2D eigenvalue weighted by molar-refractivity contribution is 5.81. The second-order valence-electron chi connectivity index (χ2n) is 5.32. The summed E-state index contributed by atoms with van der Waals surface area (Å²) < 4.78 is 0. The Morgan fingerprint density at radius 3 is 2.25 bits per heavy atom. The zero-order valence-electron chi connectivity index (χ0n) is 14.0. The van der Waals surface area contributed by atoms with Crippen molar-refractivity contribution in [3.8, 4) is 5.75 Å². The Bertz CT molecular complexity index is 950. The molecule has 0 aliphatic rings. The van der Waals surface area contributed by atoms with Gasteiger partial charge < -0.3 is 21.3 Å². The van der Waals surface area contributed by atoms with Gasteiger partial charge in [-0.1, -0.05) is 5.01 Å². The molecule has 0 aliphatic heterocycles. The van der Waals surface area contributed by atoms with E-state index in [1.165, 1.54) is 18.2 Å². The van der Waals surface area contributed by atoms with Crippen LogP contribution in [0.4, 0.5) is 34.1 Å². The lowest BCUT2D eigenvalue weighted by Gasteiger charge is -2.18. The van der Waals surface area contributed by atoms with Crippen LogP contribution >= 0.6 is 0 Å². The van der Waals surface area contributed by atoms with E-state index in [1.54, 1.807) is 0 Å². The van der Waals surface area contributed by atoms with Crippen molar-refractivity contribution < 1.29 is 25.1 Å². The molecule has 2 rings (SSSR count). The van der Waals surface area contributed by atoms with Gasteiger partial charge in [0.05, 0.1) is 34.3 Å². The van der Waals surface area contributed by atoms with Gasteiger partial charge in [0, 0.05) is 12.2 Å². The molecular weight excluding hydrogens is 380 g/mol. The van der Waals surface area contributed by atoms with Gasteiger partial charge in [-0.15, -0.1) is 0 Å². The first kappa shape index (κ1) is 20.1. The minimum absolute atomic E-state index is 0.120. The van der Waals surface area contributed by atoms with E-state index in [9.17, 15) is 35.4 Å². The summed E-state index contributed by atoms with van der Waals surface area (Å²) in [5.74, 6) is -1.14. The molecule has 14 nitrogen and oxygen atoms in total. The van der Waals surface area contributed by atoms with Gasteiger partial charge in [-0.25, -0.2) is 10.1 Å². The van der Waals surface area contributed by atoms with E-state index in [-0.39, 0.29) is 29.5 Å². The summed E-state index contributed by atoms with van der Waals surface area (Å²) in [4.78, 5) is 31.7. The molecule has 0 unspecified atom stereocenters. The van der Waals surface area contributed by atoms with Gasteiger partial charge in [-0.05, 0) is 18.2 Å². The Morgan fingerprint density at radius 2 is 1.71 bits per heavy atom. The monoisotopic (exact) mass is 394 g/mol. The lowest BCUT2D eigenvalue weighted by atomic mass is 10.1. The standard InChI is InChI=1S/C14H14N6O8/c15-10-2-1-8(16-3-4-21)5-11(10)17(20(27)28)12-6-9(18(23)24)7-13(14(12)22)19(25)26/h1-2,5-7,16,21-22H,3-4,15H2. The number of non-ortho nitro benzene ring substituents is 1. The first-order valence-electron chi connectivity index (χ1n) is 7.51. The zero-order valence-corrected chi connectivity index (χ0v) is 14.0. The van der Waals surface area contributed by atoms with Crippen LogP contribution in [0.1, 0.15) is 0 Å². The van der Waals surface area contributed by atoms with Crippen LogP contribution in [0.2, 0.25) is 0 Å². The van der Waals surface area contributed by atoms with Crippen molar-refractivity contribution in [2.24, 2.45) is 0 Å². The lowest BCUT2D eigenvalue weighted by molar-refractivity contribution is -0.483. The number of anilines is 4. The summed E-state index contributed by atoms with van der Waals surface area (Å²) in [5.41, 5.74) is 2.91. The van der Waals surface area contributed by atoms with Gasteiger partial charge in [0.1, 0.15) is 5.69 Å². The molecule has 14 heteroatoms. The average Bonchev–Trinajstić information content (AvgIpc) is 2.62. The number of nitrogen functional groups attached to an aromatic ring is 1. The number of aliphatic hydroxyl groups excluding tert-OH is 1. The topological polar surface area (TPSA) is 211 Å². The summed E-state index contributed by atoms with van der Waals surface area (Å²) in [6.45, 7) is -0.105. The molecular formula is C14H14N6O8. The maximum Gasteiger partial charge on any atom is 0.320 e. The van der Waals surface area contributed by atoms with Crippen LogP contribution in [0, 0.1) is 30.3 Å². The molecule has 2 aromatic rings. The van der Waals surface area contributed by atoms with Crippen LogP contribution in [-0.2, 0) is 0 Å². The Morgan fingerprint density at radius 1 is 1.04 bits per heavy atom. The lowest BCUT2D eigenvalue weighted by Crippen LogP contribution is -2.25.